The average molecular weight is 415 g/mol. The van der Waals surface area contributed by atoms with Crippen molar-refractivity contribution in [1.29, 1.82) is 0 Å². The molecule has 0 aliphatic heterocycles. The molecule has 0 bridgehead atoms. The van der Waals surface area contributed by atoms with E-state index in [1.165, 1.54) is 35.7 Å². The highest BCUT2D eigenvalue weighted by Gasteiger charge is 2.38. The fraction of sp³-hybridized carbons (Fsp3) is 0.500. The number of carbonyl (C=O) groups is 2. The number of esters is 2. The van der Waals surface area contributed by atoms with Gasteiger partial charge in [-0.1, -0.05) is 15.9 Å². The van der Waals surface area contributed by atoms with Crippen LogP contribution in [0.4, 0.5) is 0 Å². The van der Waals surface area contributed by atoms with Crippen molar-refractivity contribution in [1.82, 2.24) is 9.55 Å². The van der Waals surface area contributed by atoms with E-state index in [-0.39, 0.29) is 18.6 Å². The topological polar surface area (TPSA) is 107 Å². The largest absolute Gasteiger partial charge is 0.465 e. The van der Waals surface area contributed by atoms with Crippen LogP contribution >= 0.6 is 15.9 Å². The van der Waals surface area contributed by atoms with Gasteiger partial charge in [-0.3, -0.25) is 23.9 Å². The number of hydrogen-bond donors (Lipinski definition) is 1. The van der Waals surface area contributed by atoms with Gasteiger partial charge >= 0.3 is 17.6 Å². The van der Waals surface area contributed by atoms with Crippen LogP contribution in [0.5, 0.6) is 0 Å². The summed E-state index contributed by atoms with van der Waals surface area (Å²) in [4.78, 5) is 50.1. The molecule has 136 valence electrons. The number of halogens is 1. The molecule has 25 heavy (non-hydrogen) atoms. The number of ether oxygens (including phenoxy) is 2. The molecule has 0 spiro atoms. The summed E-state index contributed by atoms with van der Waals surface area (Å²) in [7, 11) is 0. The summed E-state index contributed by atoms with van der Waals surface area (Å²) in [6.07, 6.45) is 3.42. The normalized spacial score (nSPS) is 22.9. The molecule has 8 nitrogen and oxygen atoms in total. The van der Waals surface area contributed by atoms with Crippen molar-refractivity contribution in [2.75, 3.05) is 6.61 Å². The highest BCUT2D eigenvalue weighted by atomic mass is 79.9. The van der Waals surface area contributed by atoms with Gasteiger partial charge in [0.05, 0.1) is 12.2 Å². The number of nitrogens with one attached hydrogen (secondary N) is 1. The van der Waals surface area contributed by atoms with Crippen molar-refractivity contribution < 1.29 is 19.1 Å². The minimum atomic E-state index is -0.531. The average Bonchev–Trinajstić information content (AvgIpc) is 2.90. The Hall–Kier alpha value is -2.16. The van der Waals surface area contributed by atoms with Crippen LogP contribution in [0.2, 0.25) is 0 Å². The molecule has 1 fully saturated rings. The molecular formula is C16H19BrN2O6. The summed E-state index contributed by atoms with van der Waals surface area (Å²) in [5, 5.41) is 0. The Morgan fingerprint density at radius 2 is 2.04 bits per heavy atom. The molecular weight excluding hydrogens is 396 g/mol. The van der Waals surface area contributed by atoms with Crippen LogP contribution in [0.25, 0.3) is 6.08 Å². The molecule has 9 heteroatoms. The molecule has 1 aromatic rings. The minimum Gasteiger partial charge on any atom is -0.465 e. The number of hydrogen-bond acceptors (Lipinski definition) is 6. The van der Waals surface area contributed by atoms with E-state index in [2.05, 4.69) is 20.9 Å². The molecule has 1 aliphatic rings. The van der Waals surface area contributed by atoms with Gasteiger partial charge in [-0.25, -0.2) is 4.79 Å². The van der Waals surface area contributed by atoms with Crippen LogP contribution in [-0.4, -0.2) is 34.2 Å². The Labute approximate surface area is 152 Å². The first-order chi connectivity index (χ1) is 11.8. The SMILES string of the molecule is CC(=O)OC[C@H]1C[C@@H](n2cc(/C=C/Br)c(=O)[nH]c2=O)C[C@@H]1OC(C)=O. The van der Waals surface area contributed by atoms with Crippen LogP contribution in [-0.2, 0) is 19.1 Å². The molecule has 1 heterocycles. The standard InChI is InChI=1S/C16H19BrN2O6/c1-9(20)24-8-12-5-13(6-14(12)25-10(2)21)19-7-11(3-4-17)15(22)18-16(19)23/h3-4,7,12-14H,5-6,8H2,1-2H3,(H,18,22,23)/b4-3+/t12-,13-,14+/m1/s1. The molecule has 2 rings (SSSR count). The smallest absolute Gasteiger partial charge is 0.328 e. The van der Waals surface area contributed by atoms with Gasteiger partial charge in [-0.05, 0) is 17.5 Å². The third kappa shape index (κ3) is 4.91. The molecule has 0 radical (unpaired) electrons. The zero-order valence-electron chi connectivity index (χ0n) is 13.9. The maximum atomic E-state index is 12.2. The fourth-order valence-electron chi connectivity index (χ4n) is 3.00. The van der Waals surface area contributed by atoms with Crippen LogP contribution in [0.3, 0.4) is 0 Å². The quantitative estimate of drug-likeness (QED) is 0.728. The first kappa shape index (κ1) is 19.2. The van der Waals surface area contributed by atoms with Gasteiger partial charge < -0.3 is 9.47 Å². The number of aromatic amines is 1. The zero-order valence-corrected chi connectivity index (χ0v) is 15.4. The molecule has 0 saturated heterocycles. The molecule has 1 aliphatic carbocycles. The van der Waals surface area contributed by atoms with Crippen LogP contribution in [0.1, 0.15) is 38.3 Å². The minimum absolute atomic E-state index is 0.107. The molecule has 3 atom stereocenters. The van der Waals surface area contributed by atoms with Gasteiger partial charge in [0.25, 0.3) is 5.56 Å². The van der Waals surface area contributed by atoms with E-state index >= 15 is 0 Å². The highest BCUT2D eigenvalue weighted by molar-refractivity contribution is 9.11. The summed E-state index contributed by atoms with van der Waals surface area (Å²) < 4.78 is 11.8. The first-order valence-corrected chi connectivity index (χ1v) is 8.66. The van der Waals surface area contributed by atoms with Crippen molar-refractivity contribution in [3.63, 3.8) is 0 Å². The Balaban J connectivity index is 2.29. The Kier molecular flexibility index (Phi) is 6.35. The van der Waals surface area contributed by atoms with Crippen molar-refractivity contribution in [3.05, 3.63) is 37.6 Å². The highest BCUT2D eigenvalue weighted by Crippen LogP contribution is 2.36. The number of H-pyrrole nitrogens is 1. The van der Waals surface area contributed by atoms with Gasteiger partial charge in [0.1, 0.15) is 6.10 Å². The van der Waals surface area contributed by atoms with Gasteiger partial charge in [0.2, 0.25) is 0 Å². The van der Waals surface area contributed by atoms with Crippen molar-refractivity contribution in [3.8, 4) is 0 Å². The summed E-state index contributed by atoms with van der Waals surface area (Å²) in [5.41, 5.74) is -0.691. The monoisotopic (exact) mass is 414 g/mol. The lowest BCUT2D eigenvalue weighted by atomic mass is 10.1. The maximum absolute atomic E-state index is 12.2. The van der Waals surface area contributed by atoms with E-state index in [9.17, 15) is 19.2 Å². The molecule has 0 unspecified atom stereocenters. The van der Waals surface area contributed by atoms with E-state index < -0.39 is 29.3 Å². The molecule has 0 aromatic carbocycles. The van der Waals surface area contributed by atoms with Crippen LogP contribution in [0, 0.1) is 5.92 Å². The predicted molar refractivity (Wildman–Crippen MR) is 93.2 cm³/mol. The van der Waals surface area contributed by atoms with E-state index in [1.54, 1.807) is 0 Å². The third-order valence-corrected chi connectivity index (χ3v) is 4.32. The Morgan fingerprint density at radius 1 is 1.32 bits per heavy atom. The third-order valence-electron chi connectivity index (χ3n) is 4.05. The summed E-state index contributed by atoms with van der Waals surface area (Å²) >= 11 is 3.10. The van der Waals surface area contributed by atoms with E-state index in [0.29, 0.717) is 18.4 Å². The fourth-order valence-corrected chi connectivity index (χ4v) is 3.29. The van der Waals surface area contributed by atoms with E-state index in [0.717, 1.165) is 0 Å². The van der Waals surface area contributed by atoms with Crippen molar-refractivity contribution in [2.24, 2.45) is 5.92 Å². The van der Waals surface area contributed by atoms with Crippen LogP contribution < -0.4 is 11.2 Å². The number of carbonyl (C=O) groups excluding carboxylic acids is 2. The maximum Gasteiger partial charge on any atom is 0.328 e. The second-order valence-electron chi connectivity index (χ2n) is 5.88. The lowest BCUT2D eigenvalue weighted by Gasteiger charge is -2.18. The Bertz CT molecular complexity index is 797. The van der Waals surface area contributed by atoms with Gasteiger partial charge in [0.15, 0.2) is 0 Å². The van der Waals surface area contributed by atoms with Gasteiger partial charge in [0, 0.05) is 38.4 Å². The lowest BCUT2D eigenvalue weighted by molar-refractivity contribution is -0.151. The number of nitrogens with zero attached hydrogens (tertiary/aromatic N) is 1. The van der Waals surface area contributed by atoms with Crippen LogP contribution in [0.15, 0.2) is 20.8 Å². The summed E-state index contributed by atoms with van der Waals surface area (Å²) in [5.74, 6) is -1.07. The lowest BCUT2D eigenvalue weighted by Crippen LogP contribution is -2.32. The molecule has 1 N–H and O–H groups in total. The molecule has 1 saturated carbocycles. The van der Waals surface area contributed by atoms with E-state index in [4.69, 9.17) is 9.47 Å². The second kappa shape index (κ2) is 8.28. The first-order valence-electron chi connectivity index (χ1n) is 7.74. The summed E-state index contributed by atoms with van der Waals surface area (Å²) in [6, 6.07) is -0.281. The second-order valence-corrected chi connectivity index (χ2v) is 6.41. The van der Waals surface area contributed by atoms with Crippen molar-refractivity contribution >= 4 is 33.9 Å². The van der Waals surface area contributed by atoms with E-state index in [1.807, 2.05) is 0 Å². The number of aromatic nitrogens is 2. The zero-order chi connectivity index (χ0) is 18.6. The number of rotatable bonds is 5. The summed E-state index contributed by atoms with van der Waals surface area (Å²) in [6.45, 7) is 2.72. The molecule has 0 amide bonds. The molecule has 1 aromatic heterocycles. The Morgan fingerprint density at radius 3 is 2.64 bits per heavy atom. The van der Waals surface area contributed by atoms with Gasteiger partial charge in [-0.15, -0.1) is 0 Å². The van der Waals surface area contributed by atoms with Gasteiger partial charge in [-0.2, -0.15) is 0 Å². The van der Waals surface area contributed by atoms with Crippen molar-refractivity contribution in [2.45, 2.75) is 38.8 Å². The predicted octanol–water partition coefficient (Wildman–Crippen LogP) is 1.35.